The van der Waals surface area contributed by atoms with Crippen LogP contribution in [0, 0.1) is 20.8 Å². The van der Waals surface area contributed by atoms with Gasteiger partial charge in [-0.15, -0.1) is 0 Å². The van der Waals surface area contributed by atoms with Gasteiger partial charge in [0.25, 0.3) is 0 Å². The van der Waals surface area contributed by atoms with Gasteiger partial charge in [0, 0.05) is 10.9 Å². The first-order valence-corrected chi connectivity index (χ1v) is 6.63. The van der Waals surface area contributed by atoms with Gasteiger partial charge in [-0.2, -0.15) is 0 Å². The molecule has 0 amide bonds. The molecule has 0 unspecified atom stereocenters. The van der Waals surface area contributed by atoms with Gasteiger partial charge < -0.3 is 9.72 Å². The molecule has 0 aliphatic rings. The molecule has 0 saturated heterocycles. The zero-order valence-corrected chi connectivity index (χ0v) is 12.1. The van der Waals surface area contributed by atoms with E-state index in [2.05, 4.69) is 4.98 Å². The van der Waals surface area contributed by atoms with Crippen molar-refractivity contribution in [3.63, 3.8) is 0 Å². The molecule has 20 heavy (non-hydrogen) atoms. The van der Waals surface area contributed by atoms with Crippen molar-refractivity contribution in [3.05, 3.63) is 51.2 Å². The minimum atomic E-state index is 0.0545. The zero-order valence-electron chi connectivity index (χ0n) is 12.1. The number of pyridine rings is 1. The number of nitrogens with one attached hydrogen (secondary N) is 1. The second-order valence-electron chi connectivity index (χ2n) is 5.25. The molecule has 3 aromatic rings. The van der Waals surface area contributed by atoms with E-state index in [1.165, 1.54) is 0 Å². The van der Waals surface area contributed by atoms with Crippen LogP contribution in [0.1, 0.15) is 16.7 Å². The van der Waals surface area contributed by atoms with Gasteiger partial charge >= 0.3 is 0 Å². The van der Waals surface area contributed by atoms with Gasteiger partial charge in [-0.25, -0.2) is 0 Å². The Kier molecular flexibility index (Phi) is 2.78. The van der Waals surface area contributed by atoms with Crippen molar-refractivity contribution < 1.29 is 4.74 Å². The van der Waals surface area contributed by atoms with Crippen LogP contribution in [0.2, 0.25) is 0 Å². The van der Waals surface area contributed by atoms with Gasteiger partial charge in [0.1, 0.15) is 5.75 Å². The molecule has 0 saturated carbocycles. The van der Waals surface area contributed by atoms with Crippen molar-refractivity contribution in [3.8, 4) is 5.75 Å². The summed E-state index contributed by atoms with van der Waals surface area (Å²) in [5.41, 5.74) is 5.02. The first-order valence-electron chi connectivity index (χ1n) is 6.63. The van der Waals surface area contributed by atoms with E-state index in [9.17, 15) is 4.79 Å². The number of methoxy groups -OCH3 is 1. The zero-order chi connectivity index (χ0) is 14.4. The van der Waals surface area contributed by atoms with Crippen LogP contribution in [0.15, 0.2) is 29.1 Å². The average Bonchev–Trinajstić information content (AvgIpc) is 2.44. The Hall–Kier alpha value is -2.29. The van der Waals surface area contributed by atoms with Gasteiger partial charge in [-0.05, 0) is 50.1 Å². The third-order valence-corrected chi connectivity index (χ3v) is 4.00. The standard InChI is InChI=1S/C17H17NO2/c1-9-5-6-14-12(7-9)17(19)13-8-15(20-4)10(2)11(3)16(13)18-14/h5-8H,1-4H3,(H,18,19). The first-order chi connectivity index (χ1) is 9.52. The molecule has 0 atom stereocenters. The number of aryl methyl sites for hydroxylation is 2. The number of aromatic nitrogens is 1. The van der Waals surface area contributed by atoms with Crippen molar-refractivity contribution in [1.29, 1.82) is 0 Å². The topological polar surface area (TPSA) is 42.1 Å². The Bertz CT molecular complexity index is 891. The average molecular weight is 267 g/mol. The third kappa shape index (κ3) is 1.70. The molecule has 3 heteroatoms. The quantitative estimate of drug-likeness (QED) is 0.684. The summed E-state index contributed by atoms with van der Waals surface area (Å²) in [6.45, 7) is 6.01. The van der Waals surface area contributed by atoms with Crippen molar-refractivity contribution in [2.45, 2.75) is 20.8 Å². The van der Waals surface area contributed by atoms with E-state index in [0.717, 1.165) is 38.9 Å². The summed E-state index contributed by atoms with van der Waals surface area (Å²) < 4.78 is 5.37. The van der Waals surface area contributed by atoms with Gasteiger partial charge in [-0.3, -0.25) is 4.79 Å². The molecule has 0 spiro atoms. The maximum Gasteiger partial charge on any atom is 0.197 e. The van der Waals surface area contributed by atoms with Crippen LogP contribution in [0.25, 0.3) is 21.8 Å². The second kappa shape index (κ2) is 4.37. The van der Waals surface area contributed by atoms with Gasteiger partial charge in [-0.1, -0.05) is 11.6 Å². The van der Waals surface area contributed by atoms with Crippen LogP contribution in [0.4, 0.5) is 0 Å². The van der Waals surface area contributed by atoms with E-state index in [4.69, 9.17) is 4.74 Å². The smallest absolute Gasteiger partial charge is 0.197 e. The molecular formula is C17H17NO2. The summed E-state index contributed by atoms with van der Waals surface area (Å²) in [5, 5.41) is 1.41. The van der Waals surface area contributed by atoms with Crippen molar-refractivity contribution in [2.24, 2.45) is 0 Å². The Morgan fingerprint density at radius 3 is 2.45 bits per heavy atom. The fraction of sp³-hybridized carbons (Fsp3) is 0.235. The maximum atomic E-state index is 12.7. The first kappa shape index (κ1) is 12.7. The van der Waals surface area contributed by atoms with Crippen LogP contribution in [-0.2, 0) is 0 Å². The lowest BCUT2D eigenvalue weighted by molar-refractivity contribution is 0.412. The molecular weight excluding hydrogens is 250 g/mol. The van der Waals surface area contributed by atoms with Crippen LogP contribution in [0.3, 0.4) is 0 Å². The predicted molar refractivity (Wildman–Crippen MR) is 82.8 cm³/mol. The summed E-state index contributed by atoms with van der Waals surface area (Å²) >= 11 is 0. The largest absolute Gasteiger partial charge is 0.496 e. The van der Waals surface area contributed by atoms with E-state index in [0.29, 0.717) is 5.39 Å². The number of H-pyrrole nitrogens is 1. The highest BCUT2D eigenvalue weighted by Crippen LogP contribution is 2.28. The highest BCUT2D eigenvalue weighted by molar-refractivity contribution is 5.95. The summed E-state index contributed by atoms with van der Waals surface area (Å²) in [4.78, 5) is 16.1. The van der Waals surface area contributed by atoms with E-state index in [-0.39, 0.29) is 5.43 Å². The molecule has 3 rings (SSSR count). The minimum absolute atomic E-state index is 0.0545. The van der Waals surface area contributed by atoms with Crippen LogP contribution in [-0.4, -0.2) is 12.1 Å². The van der Waals surface area contributed by atoms with Crippen molar-refractivity contribution in [1.82, 2.24) is 4.98 Å². The molecule has 0 fully saturated rings. The fourth-order valence-corrected chi connectivity index (χ4v) is 2.67. The Balaban J connectivity index is 2.57. The number of ether oxygens (including phenoxy) is 1. The summed E-state index contributed by atoms with van der Waals surface area (Å²) in [6, 6.07) is 7.73. The summed E-state index contributed by atoms with van der Waals surface area (Å²) in [7, 11) is 1.63. The Labute approximate surface area is 117 Å². The Morgan fingerprint density at radius 2 is 1.75 bits per heavy atom. The van der Waals surface area contributed by atoms with Crippen molar-refractivity contribution in [2.75, 3.05) is 7.11 Å². The molecule has 0 radical (unpaired) electrons. The van der Waals surface area contributed by atoms with E-state index in [1.54, 1.807) is 7.11 Å². The lowest BCUT2D eigenvalue weighted by Crippen LogP contribution is -2.07. The molecule has 1 heterocycles. The second-order valence-corrected chi connectivity index (χ2v) is 5.25. The maximum absolute atomic E-state index is 12.7. The normalized spacial score (nSPS) is 11.2. The van der Waals surface area contributed by atoms with Gasteiger partial charge in [0.2, 0.25) is 0 Å². The van der Waals surface area contributed by atoms with Gasteiger partial charge in [0.05, 0.1) is 18.0 Å². The highest BCUT2D eigenvalue weighted by atomic mass is 16.5. The monoisotopic (exact) mass is 267 g/mol. The number of fused-ring (bicyclic) bond motifs is 2. The number of rotatable bonds is 1. The molecule has 2 aromatic carbocycles. The number of benzene rings is 2. The molecule has 1 aromatic heterocycles. The van der Waals surface area contributed by atoms with Crippen LogP contribution in [0.5, 0.6) is 5.75 Å². The summed E-state index contributed by atoms with van der Waals surface area (Å²) in [6.07, 6.45) is 0. The third-order valence-electron chi connectivity index (χ3n) is 4.00. The van der Waals surface area contributed by atoms with E-state index < -0.39 is 0 Å². The van der Waals surface area contributed by atoms with E-state index >= 15 is 0 Å². The number of hydrogen-bond donors (Lipinski definition) is 1. The molecule has 1 N–H and O–H groups in total. The number of aromatic amines is 1. The van der Waals surface area contributed by atoms with E-state index in [1.807, 2.05) is 45.0 Å². The molecule has 3 nitrogen and oxygen atoms in total. The lowest BCUT2D eigenvalue weighted by atomic mass is 10.0. The SMILES string of the molecule is COc1cc2c(=O)c3cc(C)ccc3[nH]c2c(C)c1C. The molecule has 0 aliphatic carbocycles. The predicted octanol–water partition coefficient (Wildman–Crippen LogP) is 3.62. The molecule has 0 aliphatic heterocycles. The van der Waals surface area contributed by atoms with Gasteiger partial charge in [0.15, 0.2) is 5.43 Å². The summed E-state index contributed by atoms with van der Waals surface area (Å²) in [5.74, 6) is 0.757. The minimum Gasteiger partial charge on any atom is -0.496 e. The molecule has 102 valence electrons. The van der Waals surface area contributed by atoms with Crippen molar-refractivity contribution >= 4 is 21.8 Å². The molecule has 0 bridgehead atoms. The van der Waals surface area contributed by atoms with Crippen LogP contribution >= 0.6 is 0 Å². The lowest BCUT2D eigenvalue weighted by Gasteiger charge is -2.12. The van der Waals surface area contributed by atoms with Crippen LogP contribution < -0.4 is 10.2 Å². The Morgan fingerprint density at radius 1 is 1.00 bits per heavy atom. The fourth-order valence-electron chi connectivity index (χ4n) is 2.67. The number of hydrogen-bond acceptors (Lipinski definition) is 2. The highest BCUT2D eigenvalue weighted by Gasteiger charge is 2.12.